The van der Waals surface area contributed by atoms with Gasteiger partial charge in [0, 0.05) is 16.7 Å². The molecule has 50 heavy (non-hydrogen) atoms. The number of nitriles is 1. The maximum atomic E-state index is 10.1. The summed E-state index contributed by atoms with van der Waals surface area (Å²) in [5.41, 5.74) is 7.24. The minimum Gasteiger partial charge on any atom is -0.208 e. The molecule has 0 saturated carbocycles. The fourth-order valence-electron chi connectivity index (χ4n) is 6.89. The number of fused-ring (bicyclic) bond motifs is 6. The molecule has 9 rings (SSSR count). The van der Waals surface area contributed by atoms with Gasteiger partial charge in [-0.15, -0.1) is 0 Å². The zero-order valence-electron chi connectivity index (χ0n) is 27.0. The van der Waals surface area contributed by atoms with Crippen molar-refractivity contribution in [3.63, 3.8) is 0 Å². The van der Waals surface area contributed by atoms with Crippen molar-refractivity contribution < 1.29 is 0 Å². The molecule has 0 aliphatic rings. The van der Waals surface area contributed by atoms with Crippen molar-refractivity contribution in [2.75, 3.05) is 0 Å². The summed E-state index contributed by atoms with van der Waals surface area (Å²) >= 11 is 0. The SMILES string of the molecule is N#Cc1cc(-c2cccc(-c3ccc4c5ccccc5c5ccccc5c4c3)c2)cc(-c2nc(-c3ccccc3)nc(-c3ccccc3)n2)c1. The number of rotatable bonds is 5. The van der Waals surface area contributed by atoms with Crippen molar-refractivity contribution >= 4 is 32.3 Å². The first kappa shape index (κ1) is 29.2. The molecule has 232 valence electrons. The lowest BCUT2D eigenvalue weighted by Gasteiger charge is -2.13. The standard InChI is InChI=1S/C46H28N4/c47-29-30-24-36(27-37(25-30)46-49-44(31-12-3-1-4-13-31)48-45(50-46)32-14-5-2-6-15-32)34-17-11-16-33(26-34)35-22-23-42-40-20-8-7-18-38(40)39-19-9-10-21-41(39)43(42)28-35/h1-28H. The van der Waals surface area contributed by atoms with Crippen molar-refractivity contribution in [2.24, 2.45) is 0 Å². The van der Waals surface area contributed by atoms with E-state index < -0.39 is 0 Å². The van der Waals surface area contributed by atoms with E-state index in [0.29, 0.717) is 23.0 Å². The summed E-state index contributed by atoms with van der Waals surface area (Å²) in [5.74, 6) is 1.68. The molecular weight excluding hydrogens is 609 g/mol. The molecule has 0 aliphatic carbocycles. The summed E-state index contributed by atoms with van der Waals surface area (Å²) in [6.45, 7) is 0. The van der Waals surface area contributed by atoms with E-state index in [1.807, 2.05) is 72.8 Å². The molecule has 0 aliphatic heterocycles. The minimum atomic E-state index is 0.515. The van der Waals surface area contributed by atoms with Crippen molar-refractivity contribution in [3.05, 3.63) is 175 Å². The molecular formula is C46H28N4. The van der Waals surface area contributed by atoms with E-state index in [1.165, 1.54) is 32.3 Å². The lowest BCUT2D eigenvalue weighted by Crippen LogP contribution is -2.00. The summed E-state index contributed by atoms with van der Waals surface area (Å²) in [7, 11) is 0. The molecule has 0 N–H and O–H groups in total. The van der Waals surface area contributed by atoms with Crippen molar-refractivity contribution in [1.82, 2.24) is 15.0 Å². The van der Waals surface area contributed by atoms with Crippen LogP contribution >= 0.6 is 0 Å². The maximum Gasteiger partial charge on any atom is 0.164 e. The molecule has 1 heterocycles. The van der Waals surface area contributed by atoms with Gasteiger partial charge >= 0.3 is 0 Å². The second-order valence-corrected chi connectivity index (χ2v) is 12.4. The van der Waals surface area contributed by atoms with Crippen LogP contribution < -0.4 is 0 Å². The van der Waals surface area contributed by atoms with E-state index in [9.17, 15) is 5.26 Å². The van der Waals surface area contributed by atoms with Crippen molar-refractivity contribution in [2.45, 2.75) is 0 Å². The Morgan fingerprint density at radius 1 is 0.300 bits per heavy atom. The van der Waals surface area contributed by atoms with Crippen LogP contribution in [-0.2, 0) is 0 Å². The van der Waals surface area contributed by atoms with E-state index in [2.05, 4.69) is 103 Å². The third kappa shape index (κ3) is 5.24. The summed E-state index contributed by atoms with van der Waals surface area (Å²) in [6, 6.07) is 60.6. The Bertz CT molecular complexity index is 2670. The van der Waals surface area contributed by atoms with Gasteiger partial charge in [0.2, 0.25) is 0 Å². The molecule has 0 unspecified atom stereocenters. The second-order valence-electron chi connectivity index (χ2n) is 12.4. The number of nitrogens with zero attached hydrogens (tertiary/aromatic N) is 4. The summed E-state index contributed by atoms with van der Waals surface area (Å²) in [6.07, 6.45) is 0. The van der Waals surface area contributed by atoms with E-state index in [-0.39, 0.29) is 0 Å². The first-order valence-electron chi connectivity index (χ1n) is 16.6. The number of hydrogen-bond acceptors (Lipinski definition) is 4. The first-order valence-corrected chi connectivity index (χ1v) is 16.6. The van der Waals surface area contributed by atoms with Gasteiger partial charge < -0.3 is 0 Å². The average molecular weight is 637 g/mol. The van der Waals surface area contributed by atoms with Gasteiger partial charge in [-0.05, 0) is 84.9 Å². The largest absolute Gasteiger partial charge is 0.208 e. The van der Waals surface area contributed by atoms with E-state index in [4.69, 9.17) is 15.0 Å². The van der Waals surface area contributed by atoms with Crippen molar-refractivity contribution in [3.8, 4) is 62.5 Å². The Kier molecular flexibility index (Phi) is 7.15. The lowest BCUT2D eigenvalue weighted by atomic mass is 9.91. The molecule has 0 bridgehead atoms. The van der Waals surface area contributed by atoms with Crippen molar-refractivity contribution in [1.29, 1.82) is 5.26 Å². The molecule has 0 atom stereocenters. The molecule has 9 aromatic rings. The van der Waals surface area contributed by atoms with Crippen LogP contribution in [0, 0.1) is 11.3 Å². The smallest absolute Gasteiger partial charge is 0.164 e. The molecule has 0 radical (unpaired) electrons. The average Bonchev–Trinajstić information content (AvgIpc) is 3.21. The predicted octanol–water partition coefficient (Wildman–Crippen LogP) is 11.5. The monoisotopic (exact) mass is 636 g/mol. The van der Waals surface area contributed by atoms with Gasteiger partial charge in [0.05, 0.1) is 11.6 Å². The van der Waals surface area contributed by atoms with Gasteiger partial charge in [0.25, 0.3) is 0 Å². The fourth-order valence-corrected chi connectivity index (χ4v) is 6.89. The molecule has 8 aromatic carbocycles. The zero-order chi connectivity index (χ0) is 33.4. The molecule has 0 amide bonds. The minimum absolute atomic E-state index is 0.515. The quantitative estimate of drug-likeness (QED) is 0.176. The van der Waals surface area contributed by atoms with Gasteiger partial charge in [-0.25, -0.2) is 15.0 Å². The number of benzene rings is 8. The van der Waals surface area contributed by atoms with Crippen LogP contribution in [0.15, 0.2) is 170 Å². The molecule has 4 heteroatoms. The van der Waals surface area contributed by atoms with Crippen LogP contribution in [0.4, 0.5) is 0 Å². The van der Waals surface area contributed by atoms with Crippen LogP contribution in [0.2, 0.25) is 0 Å². The van der Waals surface area contributed by atoms with Gasteiger partial charge in [0.15, 0.2) is 17.5 Å². The topological polar surface area (TPSA) is 62.5 Å². The van der Waals surface area contributed by atoms with Gasteiger partial charge in [-0.2, -0.15) is 5.26 Å². The predicted molar refractivity (Wildman–Crippen MR) is 204 cm³/mol. The highest BCUT2D eigenvalue weighted by molar-refractivity contribution is 6.25. The van der Waals surface area contributed by atoms with Crippen LogP contribution in [0.3, 0.4) is 0 Å². The first-order chi connectivity index (χ1) is 24.7. The zero-order valence-corrected chi connectivity index (χ0v) is 27.0. The van der Waals surface area contributed by atoms with Crippen LogP contribution in [0.25, 0.3) is 88.7 Å². The van der Waals surface area contributed by atoms with E-state index >= 15 is 0 Å². The Labute approximate surface area is 289 Å². The molecule has 4 nitrogen and oxygen atoms in total. The second kappa shape index (κ2) is 12.2. The third-order valence-corrected chi connectivity index (χ3v) is 9.29. The molecule has 0 saturated heterocycles. The van der Waals surface area contributed by atoms with Crippen LogP contribution in [0.5, 0.6) is 0 Å². The van der Waals surface area contributed by atoms with Crippen LogP contribution in [0.1, 0.15) is 5.56 Å². The highest BCUT2D eigenvalue weighted by atomic mass is 15.0. The third-order valence-electron chi connectivity index (χ3n) is 9.29. The lowest BCUT2D eigenvalue weighted by molar-refractivity contribution is 1.07. The molecule has 0 fully saturated rings. The number of hydrogen-bond donors (Lipinski definition) is 0. The maximum absolute atomic E-state index is 10.1. The summed E-state index contributed by atoms with van der Waals surface area (Å²) in [4.78, 5) is 14.7. The van der Waals surface area contributed by atoms with Crippen LogP contribution in [-0.4, -0.2) is 15.0 Å². The fraction of sp³-hybridized carbons (Fsp3) is 0. The van der Waals surface area contributed by atoms with E-state index in [1.54, 1.807) is 0 Å². The summed E-state index contributed by atoms with van der Waals surface area (Å²) < 4.78 is 0. The highest BCUT2D eigenvalue weighted by Gasteiger charge is 2.15. The Morgan fingerprint density at radius 2 is 0.700 bits per heavy atom. The molecule has 1 aromatic heterocycles. The van der Waals surface area contributed by atoms with Gasteiger partial charge in [-0.3, -0.25) is 0 Å². The van der Waals surface area contributed by atoms with Gasteiger partial charge in [-0.1, -0.05) is 140 Å². The number of aromatic nitrogens is 3. The Hall–Kier alpha value is -6.96. The highest BCUT2D eigenvalue weighted by Crippen LogP contribution is 2.38. The normalized spacial score (nSPS) is 11.2. The molecule has 0 spiro atoms. The Balaban J connectivity index is 1.17. The Morgan fingerprint density at radius 3 is 1.26 bits per heavy atom. The van der Waals surface area contributed by atoms with E-state index in [0.717, 1.165) is 38.9 Å². The van der Waals surface area contributed by atoms with Gasteiger partial charge in [0.1, 0.15) is 0 Å². The summed E-state index contributed by atoms with van der Waals surface area (Å²) in [5, 5.41) is 17.6.